The molecule has 4 rings (SSSR count). The normalized spacial score (nSPS) is 18.5. The molecule has 0 spiro atoms. The summed E-state index contributed by atoms with van der Waals surface area (Å²) in [5.41, 5.74) is 3.04. The standard InChI is InChI=1S/C15H13N3O2S/c1-9-8-13-16-17-15(21-12-6-7-20-14(12)19)18(13)11-5-3-2-4-10(9)11/h2-5,8,12H,6-7H2,1H3/t12-/m1/s1. The number of rotatable bonds is 2. The minimum atomic E-state index is -0.183. The number of para-hydroxylation sites is 1. The molecule has 2 aromatic heterocycles. The van der Waals surface area contributed by atoms with Crippen LogP contribution >= 0.6 is 11.8 Å². The first-order valence-corrected chi connectivity index (χ1v) is 7.69. The lowest BCUT2D eigenvalue weighted by molar-refractivity contribution is -0.137. The lowest BCUT2D eigenvalue weighted by Crippen LogP contribution is -2.10. The van der Waals surface area contributed by atoms with Gasteiger partial charge in [0.15, 0.2) is 10.8 Å². The summed E-state index contributed by atoms with van der Waals surface area (Å²) in [7, 11) is 0. The predicted octanol–water partition coefficient (Wildman–Crippen LogP) is 2.60. The number of hydrogen-bond acceptors (Lipinski definition) is 5. The van der Waals surface area contributed by atoms with Crippen molar-refractivity contribution in [1.82, 2.24) is 14.6 Å². The second-order valence-electron chi connectivity index (χ2n) is 5.08. The van der Waals surface area contributed by atoms with Gasteiger partial charge in [0.1, 0.15) is 5.25 Å². The summed E-state index contributed by atoms with van der Waals surface area (Å²) in [6.45, 7) is 2.56. The molecule has 0 amide bonds. The second kappa shape index (κ2) is 4.73. The van der Waals surface area contributed by atoms with Gasteiger partial charge in [-0.3, -0.25) is 9.20 Å². The molecule has 5 nitrogen and oxygen atoms in total. The molecule has 6 heteroatoms. The highest BCUT2D eigenvalue weighted by atomic mass is 32.2. The largest absolute Gasteiger partial charge is 0.465 e. The van der Waals surface area contributed by atoms with Crippen LogP contribution in [-0.4, -0.2) is 32.4 Å². The maximum Gasteiger partial charge on any atom is 0.319 e. The van der Waals surface area contributed by atoms with Gasteiger partial charge < -0.3 is 4.74 Å². The summed E-state index contributed by atoms with van der Waals surface area (Å²) in [4.78, 5) is 11.7. The van der Waals surface area contributed by atoms with E-state index in [1.54, 1.807) is 0 Å². The number of pyridine rings is 1. The summed E-state index contributed by atoms with van der Waals surface area (Å²) in [5, 5.41) is 10.2. The lowest BCUT2D eigenvalue weighted by atomic mass is 10.1. The Morgan fingerprint density at radius 1 is 1.33 bits per heavy atom. The van der Waals surface area contributed by atoms with E-state index >= 15 is 0 Å². The summed E-state index contributed by atoms with van der Waals surface area (Å²) in [6, 6.07) is 10.2. The highest BCUT2D eigenvalue weighted by Crippen LogP contribution is 2.31. The van der Waals surface area contributed by atoms with E-state index in [4.69, 9.17) is 4.74 Å². The molecule has 0 radical (unpaired) electrons. The Morgan fingerprint density at radius 2 is 2.19 bits per heavy atom. The van der Waals surface area contributed by atoms with Crippen LogP contribution in [0.5, 0.6) is 0 Å². The molecule has 106 valence electrons. The number of cyclic esters (lactones) is 1. The number of hydrogen-bond donors (Lipinski definition) is 0. The van der Waals surface area contributed by atoms with Crippen LogP contribution in [0.2, 0.25) is 0 Å². The van der Waals surface area contributed by atoms with Crippen LogP contribution in [0.15, 0.2) is 35.5 Å². The Morgan fingerprint density at radius 3 is 3.00 bits per heavy atom. The van der Waals surface area contributed by atoms with Crippen molar-refractivity contribution in [1.29, 1.82) is 0 Å². The molecule has 3 aromatic rings. The molecular weight excluding hydrogens is 286 g/mol. The zero-order valence-electron chi connectivity index (χ0n) is 11.4. The fourth-order valence-corrected chi connectivity index (χ4v) is 3.68. The fourth-order valence-electron chi connectivity index (χ4n) is 2.66. The Bertz CT molecular complexity index is 859. The van der Waals surface area contributed by atoms with E-state index in [1.165, 1.54) is 22.7 Å². The van der Waals surface area contributed by atoms with Gasteiger partial charge >= 0.3 is 5.97 Å². The van der Waals surface area contributed by atoms with Crippen LogP contribution in [0.3, 0.4) is 0 Å². The molecule has 1 fully saturated rings. The van der Waals surface area contributed by atoms with Crippen molar-refractivity contribution in [2.75, 3.05) is 6.61 Å². The van der Waals surface area contributed by atoms with Gasteiger partial charge in [0.2, 0.25) is 0 Å². The van der Waals surface area contributed by atoms with Gasteiger partial charge in [-0.05, 0) is 24.6 Å². The molecule has 1 aromatic carbocycles. The highest BCUT2D eigenvalue weighted by molar-refractivity contribution is 8.00. The van der Waals surface area contributed by atoms with E-state index in [9.17, 15) is 4.79 Å². The third kappa shape index (κ3) is 1.98. The average Bonchev–Trinajstić information content (AvgIpc) is 3.07. The molecular formula is C15H13N3O2S. The van der Waals surface area contributed by atoms with E-state index in [2.05, 4.69) is 29.3 Å². The van der Waals surface area contributed by atoms with E-state index in [1.807, 2.05) is 22.6 Å². The maximum absolute atomic E-state index is 11.7. The fraction of sp³-hybridized carbons (Fsp3) is 0.267. The number of ether oxygens (including phenoxy) is 1. The Balaban J connectivity index is 1.90. The third-order valence-electron chi connectivity index (χ3n) is 3.71. The minimum absolute atomic E-state index is 0.159. The number of thioether (sulfide) groups is 1. The van der Waals surface area contributed by atoms with Crippen molar-refractivity contribution in [3.63, 3.8) is 0 Å². The van der Waals surface area contributed by atoms with Gasteiger partial charge in [-0.15, -0.1) is 10.2 Å². The number of carbonyl (C=O) groups excluding carboxylic acids is 1. The van der Waals surface area contributed by atoms with Crippen molar-refractivity contribution in [2.45, 2.75) is 23.8 Å². The lowest BCUT2D eigenvalue weighted by Gasteiger charge is -2.08. The predicted molar refractivity (Wildman–Crippen MR) is 80.5 cm³/mol. The molecule has 1 saturated heterocycles. The summed E-state index contributed by atoms with van der Waals surface area (Å²) in [5.74, 6) is -0.159. The first-order chi connectivity index (χ1) is 10.2. The quantitative estimate of drug-likeness (QED) is 0.681. The van der Waals surface area contributed by atoms with Crippen LogP contribution in [-0.2, 0) is 9.53 Å². The zero-order chi connectivity index (χ0) is 14.4. The van der Waals surface area contributed by atoms with Gasteiger partial charge in [-0.2, -0.15) is 0 Å². The first kappa shape index (κ1) is 12.6. The topological polar surface area (TPSA) is 56.5 Å². The van der Waals surface area contributed by atoms with Crippen LogP contribution in [0, 0.1) is 6.92 Å². The second-order valence-corrected chi connectivity index (χ2v) is 6.25. The van der Waals surface area contributed by atoms with E-state index in [0.29, 0.717) is 6.61 Å². The van der Waals surface area contributed by atoms with Crippen molar-refractivity contribution in [2.24, 2.45) is 0 Å². The number of aromatic nitrogens is 3. The number of esters is 1. The molecule has 21 heavy (non-hydrogen) atoms. The first-order valence-electron chi connectivity index (χ1n) is 6.81. The van der Waals surface area contributed by atoms with Crippen LogP contribution in [0.1, 0.15) is 12.0 Å². The van der Waals surface area contributed by atoms with Crippen molar-refractivity contribution < 1.29 is 9.53 Å². The summed E-state index contributed by atoms with van der Waals surface area (Å²) < 4.78 is 7.03. The van der Waals surface area contributed by atoms with Crippen LogP contribution in [0.25, 0.3) is 16.6 Å². The molecule has 0 unspecified atom stereocenters. The molecule has 1 aliphatic heterocycles. The maximum atomic E-state index is 11.7. The SMILES string of the molecule is Cc1cc2nnc(S[C@@H]3CCOC3=O)n2c2ccccc12. The molecule has 1 atom stereocenters. The summed E-state index contributed by atoms with van der Waals surface area (Å²) >= 11 is 1.43. The number of nitrogens with zero attached hydrogens (tertiary/aromatic N) is 3. The van der Waals surface area contributed by atoms with Crippen LogP contribution < -0.4 is 0 Å². The van der Waals surface area contributed by atoms with Gasteiger partial charge in [0, 0.05) is 11.8 Å². The third-order valence-corrected chi connectivity index (χ3v) is 4.90. The van der Waals surface area contributed by atoms with Crippen molar-refractivity contribution in [3.8, 4) is 0 Å². The van der Waals surface area contributed by atoms with Gasteiger partial charge in [0.25, 0.3) is 0 Å². The zero-order valence-corrected chi connectivity index (χ0v) is 12.3. The van der Waals surface area contributed by atoms with E-state index in [-0.39, 0.29) is 11.2 Å². The minimum Gasteiger partial charge on any atom is -0.465 e. The monoisotopic (exact) mass is 299 g/mol. The van der Waals surface area contributed by atoms with Crippen molar-refractivity contribution in [3.05, 3.63) is 35.9 Å². The molecule has 3 heterocycles. The Hall–Kier alpha value is -2.08. The molecule has 0 saturated carbocycles. The number of carbonyl (C=O) groups is 1. The molecule has 0 N–H and O–H groups in total. The molecule has 0 bridgehead atoms. The van der Waals surface area contributed by atoms with Crippen LogP contribution in [0.4, 0.5) is 0 Å². The number of fused-ring (bicyclic) bond motifs is 3. The van der Waals surface area contributed by atoms with E-state index in [0.717, 1.165) is 22.7 Å². The van der Waals surface area contributed by atoms with Gasteiger partial charge in [-0.1, -0.05) is 30.0 Å². The average molecular weight is 299 g/mol. The highest BCUT2D eigenvalue weighted by Gasteiger charge is 2.29. The number of benzene rings is 1. The number of aryl methyl sites for hydroxylation is 1. The van der Waals surface area contributed by atoms with Gasteiger partial charge in [0.05, 0.1) is 12.1 Å². The van der Waals surface area contributed by atoms with Crippen molar-refractivity contribution >= 4 is 34.3 Å². The Labute approximate surface area is 125 Å². The molecule has 0 aliphatic carbocycles. The van der Waals surface area contributed by atoms with Gasteiger partial charge in [-0.25, -0.2) is 0 Å². The Kier molecular flexibility index (Phi) is 2.85. The summed E-state index contributed by atoms with van der Waals surface area (Å²) in [6.07, 6.45) is 0.724. The smallest absolute Gasteiger partial charge is 0.319 e. The van der Waals surface area contributed by atoms with E-state index < -0.39 is 0 Å². The molecule has 1 aliphatic rings.